The number of thiol groups is 1. The van der Waals surface area contributed by atoms with E-state index in [2.05, 4.69) is 17.9 Å². The highest BCUT2D eigenvalue weighted by Gasteiger charge is 2.16. The molecule has 0 saturated carbocycles. The van der Waals surface area contributed by atoms with Gasteiger partial charge in [0.2, 0.25) is 5.91 Å². The summed E-state index contributed by atoms with van der Waals surface area (Å²) in [7, 11) is 3.36. The third kappa shape index (κ3) is 5.32. The zero-order valence-corrected chi connectivity index (χ0v) is 13.1. The number of carbonyl (C=O) groups is 3. The SMILES string of the molecule is CNC(=O)CCC(C=O)N(C)Cc1cc(S)ccc1C=O. The first-order valence-corrected chi connectivity index (χ1v) is 7.09. The Morgan fingerprint density at radius 2 is 2.14 bits per heavy atom. The van der Waals surface area contributed by atoms with Crippen molar-refractivity contribution in [3.8, 4) is 0 Å². The van der Waals surface area contributed by atoms with Crippen molar-refractivity contribution in [1.82, 2.24) is 10.2 Å². The van der Waals surface area contributed by atoms with E-state index in [9.17, 15) is 14.4 Å². The van der Waals surface area contributed by atoms with E-state index in [0.717, 1.165) is 23.0 Å². The van der Waals surface area contributed by atoms with Crippen molar-refractivity contribution in [3.05, 3.63) is 29.3 Å². The van der Waals surface area contributed by atoms with Crippen molar-refractivity contribution >= 4 is 31.1 Å². The fourth-order valence-corrected chi connectivity index (χ4v) is 2.26. The van der Waals surface area contributed by atoms with Crippen LogP contribution in [-0.4, -0.2) is 43.5 Å². The van der Waals surface area contributed by atoms with E-state index in [0.29, 0.717) is 18.5 Å². The molecule has 0 aliphatic rings. The Kier molecular flexibility index (Phi) is 7.11. The molecule has 0 radical (unpaired) electrons. The molecule has 1 aromatic carbocycles. The molecule has 1 N–H and O–H groups in total. The normalized spacial score (nSPS) is 12.0. The molecule has 5 nitrogen and oxygen atoms in total. The van der Waals surface area contributed by atoms with Crippen LogP contribution >= 0.6 is 12.6 Å². The van der Waals surface area contributed by atoms with Crippen LogP contribution < -0.4 is 5.32 Å². The number of hydrogen-bond donors (Lipinski definition) is 2. The van der Waals surface area contributed by atoms with Gasteiger partial charge in [0.1, 0.15) is 12.6 Å². The smallest absolute Gasteiger partial charge is 0.219 e. The lowest BCUT2D eigenvalue weighted by Crippen LogP contribution is -2.34. The Bertz CT molecular complexity index is 520. The quantitative estimate of drug-likeness (QED) is 0.561. The van der Waals surface area contributed by atoms with Gasteiger partial charge < -0.3 is 10.1 Å². The van der Waals surface area contributed by atoms with Crippen molar-refractivity contribution in [2.24, 2.45) is 0 Å². The summed E-state index contributed by atoms with van der Waals surface area (Å²) in [5.74, 6) is -0.0961. The maximum atomic E-state index is 11.3. The van der Waals surface area contributed by atoms with Gasteiger partial charge in [0, 0.05) is 30.5 Å². The second-order valence-corrected chi connectivity index (χ2v) is 5.35. The van der Waals surface area contributed by atoms with Gasteiger partial charge in [-0.2, -0.15) is 0 Å². The fourth-order valence-electron chi connectivity index (χ4n) is 2.03. The summed E-state index contributed by atoms with van der Waals surface area (Å²) < 4.78 is 0. The summed E-state index contributed by atoms with van der Waals surface area (Å²) >= 11 is 4.26. The van der Waals surface area contributed by atoms with E-state index in [-0.39, 0.29) is 18.4 Å². The van der Waals surface area contributed by atoms with E-state index >= 15 is 0 Å². The summed E-state index contributed by atoms with van der Waals surface area (Å²) in [4.78, 5) is 36.1. The number of aldehydes is 2. The molecule has 0 bridgehead atoms. The first-order valence-electron chi connectivity index (χ1n) is 6.65. The maximum absolute atomic E-state index is 11.3. The molecule has 21 heavy (non-hydrogen) atoms. The van der Waals surface area contributed by atoms with Crippen LogP contribution in [-0.2, 0) is 16.1 Å². The lowest BCUT2D eigenvalue weighted by Gasteiger charge is -2.24. The van der Waals surface area contributed by atoms with Crippen LogP contribution in [0.5, 0.6) is 0 Å². The Morgan fingerprint density at radius 1 is 1.43 bits per heavy atom. The van der Waals surface area contributed by atoms with Gasteiger partial charge in [-0.15, -0.1) is 12.6 Å². The largest absolute Gasteiger partial charge is 0.359 e. The number of rotatable bonds is 8. The number of carbonyl (C=O) groups excluding carboxylic acids is 3. The van der Waals surface area contributed by atoms with Crippen LogP contribution in [0.1, 0.15) is 28.8 Å². The van der Waals surface area contributed by atoms with E-state index in [4.69, 9.17) is 0 Å². The predicted molar refractivity (Wildman–Crippen MR) is 83.7 cm³/mol. The van der Waals surface area contributed by atoms with Crippen LogP contribution in [0.2, 0.25) is 0 Å². The van der Waals surface area contributed by atoms with Gasteiger partial charge in [-0.25, -0.2) is 0 Å². The molecule has 1 unspecified atom stereocenters. The van der Waals surface area contributed by atoms with Gasteiger partial charge in [0.25, 0.3) is 0 Å². The zero-order valence-electron chi connectivity index (χ0n) is 12.2. The average molecular weight is 308 g/mol. The molecule has 0 aromatic heterocycles. The van der Waals surface area contributed by atoms with Gasteiger partial charge in [-0.1, -0.05) is 6.07 Å². The van der Waals surface area contributed by atoms with Crippen molar-refractivity contribution < 1.29 is 14.4 Å². The van der Waals surface area contributed by atoms with Gasteiger partial charge >= 0.3 is 0 Å². The second kappa shape index (κ2) is 8.59. The van der Waals surface area contributed by atoms with Crippen LogP contribution in [0.15, 0.2) is 23.1 Å². The molecule has 0 saturated heterocycles. The minimum absolute atomic E-state index is 0.0961. The number of hydrogen-bond acceptors (Lipinski definition) is 5. The van der Waals surface area contributed by atoms with Crippen LogP contribution in [0, 0.1) is 0 Å². The highest BCUT2D eigenvalue weighted by atomic mass is 32.1. The topological polar surface area (TPSA) is 66.5 Å². The minimum atomic E-state index is -0.370. The molecule has 0 spiro atoms. The van der Waals surface area contributed by atoms with Gasteiger partial charge in [-0.3, -0.25) is 14.5 Å². The summed E-state index contributed by atoms with van der Waals surface area (Å²) in [6.07, 6.45) is 2.35. The van der Waals surface area contributed by atoms with Crippen LogP contribution in [0.3, 0.4) is 0 Å². The van der Waals surface area contributed by atoms with Crippen molar-refractivity contribution in [1.29, 1.82) is 0 Å². The van der Waals surface area contributed by atoms with Crippen LogP contribution in [0.4, 0.5) is 0 Å². The highest BCUT2D eigenvalue weighted by molar-refractivity contribution is 7.80. The molecule has 1 aromatic rings. The van der Waals surface area contributed by atoms with Gasteiger partial charge in [0.05, 0.1) is 6.04 Å². The highest BCUT2D eigenvalue weighted by Crippen LogP contribution is 2.17. The summed E-state index contributed by atoms with van der Waals surface area (Å²) in [6.45, 7) is 0.444. The van der Waals surface area contributed by atoms with E-state index in [1.165, 1.54) is 0 Å². The first-order chi connectivity index (χ1) is 10.0. The number of likely N-dealkylation sites (N-methyl/N-ethyl adjacent to an activating group) is 1. The zero-order chi connectivity index (χ0) is 15.8. The Labute approximate surface area is 130 Å². The summed E-state index contributed by atoms with van der Waals surface area (Å²) in [6, 6.07) is 4.90. The lowest BCUT2D eigenvalue weighted by atomic mass is 10.1. The average Bonchev–Trinajstić information content (AvgIpc) is 2.47. The summed E-state index contributed by atoms with van der Waals surface area (Å²) in [5, 5.41) is 2.53. The molecule has 0 fully saturated rings. The molecule has 0 heterocycles. The van der Waals surface area contributed by atoms with Crippen molar-refractivity contribution in [3.63, 3.8) is 0 Å². The monoisotopic (exact) mass is 308 g/mol. The third-order valence-corrected chi connectivity index (χ3v) is 3.62. The van der Waals surface area contributed by atoms with Gasteiger partial charge in [-0.05, 0) is 31.2 Å². The Balaban J connectivity index is 2.75. The summed E-state index contributed by atoms with van der Waals surface area (Å²) in [5.41, 5.74) is 1.39. The number of nitrogens with zero attached hydrogens (tertiary/aromatic N) is 1. The minimum Gasteiger partial charge on any atom is -0.359 e. The Morgan fingerprint density at radius 3 is 2.71 bits per heavy atom. The number of amides is 1. The molecule has 0 aliphatic heterocycles. The van der Waals surface area contributed by atoms with E-state index < -0.39 is 0 Å². The van der Waals surface area contributed by atoms with E-state index in [1.807, 2.05) is 11.0 Å². The Hall–Kier alpha value is -1.66. The number of nitrogens with one attached hydrogen (secondary N) is 1. The van der Waals surface area contributed by atoms with Crippen molar-refractivity contribution in [2.75, 3.05) is 14.1 Å². The molecule has 114 valence electrons. The fraction of sp³-hybridized carbons (Fsp3) is 0.400. The number of benzene rings is 1. The van der Waals surface area contributed by atoms with Crippen molar-refractivity contribution in [2.45, 2.75) is 30.3 Å². The molecule has 1 rings (SSSR count). The van der Waals surface area contributed by atoms with E-state index in [1.54, 1.807) is 26.2 Å². The van der Waals surface area contributed by atoms with Crippen LogP contribution in [0.25, 0.3) is 0 Å². The molecule has 0 aliphatic carbocycles. The standard InChI is InChI=1S/C15H20N2O3S/c1-16-15(20)6-4-13(10-19)17(2)8-12-7-14(21)5-3-11(12)9-18/h3,5,7,9-10,13,21H,4,6,8H2,1-2H3,(H,16,20). The lowest BCUT2D eigenvalue weighted by molar-refractivity contribution is -0.121. The van der Waals surface area contributed by atoms with Gasteiger partial charge in [0.15, 0.2) is 0 Å². The maximum Gasteiger partial charge on any atom is 0.219 e. The first kappa shape index (κ1) is 17.4. The third-order valence-electron chi connectivity index (χ3n) is 3.34. The molecular weight excluding hydrogens is 288 g/mol. The second-order valence-electron chi connectivity index (χ2n) is 4.83. The molecular formula is C15H20N2O3S. The molecule has 1 amide bonds. The predicted octanol–water partition coefficient (Wildman–Crippen LogP) is 1.31. The molecule has 6 heteroatoms. The molecule has 1 atom stereocenters.